The number of halogens is 4. The molecule has 29 heavy (non-hydrogen) atoms. The Morgan fingerprint density at radius 2 is 1.86 bits per heavy atom. The second kappa shape index (κ2) is 8.23. The number of benzene rings is 1. The van der Waals surface area contributed by atoms with E-state index in [1.807, 2.05) is 21.6 Å². The summed E-state index contributed by atoms with van der Waals surface area (Å²) in [6.07, 6.45) is 0.185. The Labute approximate surface area is 192 Å². The molecule has 0 saturated carbocycles. The number of alkyl halides is 3. The van der Waals surface area contributed by atoms with Crippen LogP contribution >= 0.6 is 50.7 Å². The molecule has 2 aromatic rings. The maximum Gasteiger partial charge on any atom is 0.253 e. The first kappa shape index (κ1) is 21.2. The van der Waals surface area contributed by atoms with Crippen LogP contribution in [0.3, 0.4) is 0 Å². The van der Waals surface area contributed by atoms with Crippen LogP contribution in [-0.4, -0.2) is 38.4 Å². The first-order chi connectivity index (χ1) is 13.7. The van der Waals surface area contributed by atoms with Crippen molar-refractivity contribution in [1.29, 1.82) is 0 Å². The van der Waals surface area contributed by atoms with Crippen LogP contribution in [0.4, 0.5) is 0 Å². The minimum absolute atomic E-state index is 0.0193. The zero-order valence-electron chi connectivity index (χ0n) is 15.3. The van der Waals surface area contributed by atoms with Gasteiger partial charge in [0.2, 0.25) is 3.79 Å². The summed E-state index contributed by atoms with van der Waals surface area (Å²) in [7, 11) is 0. The van der Waals surface area contributed by atoms with Crippen LogP contribution in [0.5, 0.6) is 0 Å². The monoisotopic (exact) mass is 517 g/mol. The average Bonchev–Trinajstić information content (AvgIpc) is 2.66. The van der Waals surface area contributed by atoms with Crippen molar-refractivity contribution in [3.63, 3.8) is 0 Å². The van der Waals surface area contributed by atoms with Crippen molar-refractivity contribution in [2.45, 2.75) is 28.8 Å². The predicted molar refractivity (Wildman–Crippen MR) is 119 cm³/mol. The van der Waals surface area contributed by atoms with Crippen molar-refractivity contribution in [1.82, 2.24) is 14.8 Å². The standard InChI is InChI=1S/C20H19BrCl3N3O2/c21-15-5-2-1-4-14(15)18(29)25-19(20(22,23)24)26-9-12-8-13(11-26)16-6-3-7-17(28)27(16)10-12/h1-7,12-13,19H,8-11H2,(H,25,29)/t12-,13-,19+/m0/s1. The van der Waals surface area contributed by atoms with Gasteiger partial charge >= 0.3 is 0 Å². The highest BCUT2D eigenvalue weighted by molar-refractivity contribution is 9.10. The molecule has 1 aromatic carbocycles. The maximum atomic E-state index is 12.9. The van der Waals surface area contributed by atoms with E-state index in [1.54, 1.807) is 30.3 Å². The molecular weight excluding hydrogens is 501 g/mol. The average molecular weight is 520 g/mol. The Morgan fingerprint density at radius 3 is 2.59 bits per heavy atom. The van der Waals surface area contributed by atoms with Crippen LogP contribution in [0.1, 0.15) is 28.4 Å². The first-order valence-electron chi connectivity index (χ1n) is 9.30. The number of carbonyl (C=O) groups excluding carboxylic acids is 1. The van der Waals surface area contributed by atoms with Gasteiger partial charge in [0, 0.05) is 41.8 Å². The summed E-state index contributed by atoms with van der Waals surface area (Å²) in [5.41, 5.74) is 1.49. The van der Waals surface area contributed by atoms with Gasteiger partial charge in [-0.3, -0.25) is 14.5 Å². The molecule has 5 nitrogen and oxygen atoms in total. The molecule has 3 heterocycles. The third-order valence-corrected chi connectivity index (χ3v) is 6.88. The lowest BCUT2D eigenvalue weighted by Gasteiger charge is -2.47. The van der Waals surface area contributed by atoms with E-state index >= 15 is 0 Å². The lowest BCUT2D eigenvalue weighted by Crippen LogP contribution is -2.60. The SMILES string of the molecule is O=C(N[C@H](N1C[C@@H]2C[C@@H](C1)c1cccc(=O)n1C2)C(Cl)(Cl)Cl)c1ccccc1Br. The Balaban J connectivity index is 1.60. The summed E-state index contributed by atoms with van der Waals surface area (Å²) in [4.78, 5) is 27.1. The smallest absolute Gasteiger partial charge is 0.253 e. The van der Waals surface area contributed by atoms with Crippen molar-refractivity contribution in [3.8, 4) is 0 Å². The molecule has 3 atom stereocenters. The van der Waals surface area contributed by atoms with E-state index < -0.39 is 9.96 Å². The molecule has 2 bridgehead atoms. The van der Waals surface area contributed by atoms with E-state index in [2.05, 4.69) is 21.2 Å². The lowest BCUT2D eigenvalue weighted by molar-refractivity contribution is 0.0586. The summed E-state index contributed by atoms with van der Waals surface area (Å²) >= 11 is 22.3. The molecule has 2 aliphatic heterocycles. The van der Waals surface area contributed by atoms with Gasteiger partial charge in [0.1, 0.15) is 6.17 Å². The van der Waals surface area contributed by atoms with Gasteiger partial charge < -0.3 is 9.88 Å². The highest BCUT2D eigenvalue weighted by Crippen LogP contribution is 2.40. The summed E-state index contributed by atoms with van der Waals surface area (Å²) < 4.78 is 0.809. The molecule has 1 N–H and O–H groups in total. The number of carbonyl (C=O) groups is 1. The van der Waals surface area contributed by atoms with Crippen molar-refractivity contribution in [2.24, 2.45) is 5.92 Å². The van der Waals surface area contributed by atoms with Crippen molar-refractivity contribution >= 4 is 56.6 Å². The van der Waals surface area contributed by atoms with E-state index in [4.69, 9.17) is 34.8 Å². The van der Waals surface area contributed by atoms with E-state index in [-0.39, 0.29) is 23.3 Å². The van der Waals surface area contributed by atoms with Crippen LogP contribution in [-0.2, 0) is 6.54 Å². The fourth-order valence-corrected chi connectivity index (χ4v) is 5.41. The summed E-state index contributed by atoms with van der Waals surface area (Å²) in [5, 5.41) is 2.90. The molecular formula is C20H19BrCl3N3O2. The second-order valence-corrected chi connectivity index (χ2v) is 10.8. The van der Waals surface area contributed by atoms with Crippen LogP contribution in [0.25, 0.3) is 0 Å². The second-order valence-electron chi connectivity index (χ2n) is 7.55. The van der Waals surface area contributed by atoms with E-state index in [0.717, 1.165) is 12.1 Å². The number of likely N-dealkylation sites (tertiary alicyclic amines) is 1. The zero-order valence-corrected chi connectivity index (χ0v) is 19.2. The minimum Gasteiger partial charge on any atom is -0.332 e. The Bertz CT molecular complexity index is 991. The molecule has 0 aliphatic carbocycles. The van der Waals surface area contributed by atoms with Gasteiger partial charge in [-0.1, -0.05) is 53.0 Å². The Kier molecular flexibility index (Phi) is 6.02. The molecule has 1 saturated heterocycles. The number of aromatic nitrogens is 1. The van der Waals surface area contributed by atoms with Crippen molar-refractivity contribution in [2.75, 3.05) is 13.1 Å². The van der Waals surface area contributed by atoms with Gasteiger partial charge in [-0.25, -0.2) is 0 Å². The number of amides is 1. The zero-order chi connectivity index (χ0) is 20.8. The molecule has 0 unspecified atom stereocenters. The molecule has 0 radical (unpaired) electrons. The maximum absolute atomic E-state index is 12.9. The number of hydrogen-bond acceptors (Lipinski definition) is 3. The predicted octanol–water partition coefficient (Wildman–Crippen LogP) is 4.16. The van der Waals surface area contributed by atoms with E-state index in [1.165, 1.54) is 0 Å². The number of piperidine rings is 1. The lowest BCUT2D eigenvalue weighted by atomic mass is 9.83. The minimum atomic E-state index is -1.71. The highest BCUT2D eigenvalue weighted by atomic mass is 79.9. The third kappa shape index (κ3) is 4.37. The van der Waals surface area contributed by atoms with Gasteiger partial charge in [0.05, 0.1) is 5.56 Å². The first-order valence-corrected chi connectivity index (χ1v) is 11.2. The van der Waals surface area contributed by atoms with Crippen LogP contribution in [0.2, 0.25) is 0 Å². The largest absolute Gasteiger partial charge is 0.332 e. The molecule has 1 aromatic heterocycles. The highest BCUT2D eigenvalue weighted by Gasteiger charge is 2.44. The quantitative estimate of drug-likeness (QED) is 0.620. The van der Waals surface area contributed by atoms with Gasteiger partial charge in [0.25, 0.3) is 11.5 Å². The molecule has 4 rings (SSSR count). The Hall–Kier alpha value is -1.05. The third-order valence-electron chi connectivity index (χ3n) is 5.57. The summed E-state index contributed by atoms with van der Waals surface area (Å²) in [5.74, 6) is 0.0735. The van der Waals surface area contributed by atoms with Crippen molar-refractivity contribution < 1.29 is 4.79 Å². The molecule has 9 heteroatoms. The Morgan fingerprint density at radius 1 is 1.10 bits per heavy atom. The normalized spacial score (nSPS) is 22.6. The number of hydrogen-bond donors (Lipinski definition) is 1. The molecule has 2 aliphatic rings. The van der Waals surface area contributed by atoms with Crippen LogP contribution in [0, 0.1) is 5.92 Å². The number of nitrogens with one attached hydrogen (secondary N) is 1. The van der Waals surface area contributed by atoms with Gasteiger partial charge in [-0.15, -0.1) is 0 Å². The topological polar surface area (TPSA) is 54.3 Å². The molecule has 1 amide bonds. The molecule has 154 valence electrons. The fourth-order valence-electron chi connectivity index (χ4n) is 4.37. The number of rotatable bonds is 3. The molecule has 1 fully saturated rings. The van der Waals surface area contributed by atoms with Crippen molar-refractivity contribution in [3.05, 3.63) is 68.5 Å². The van der Waals surface area contributed by atoms with Gasteiger partial charge in [-0.05, 0) is 46.5 Å². The molecule has 0 spiro atoms. The van der Waals surface area contributed by atoms with E-state index in [9.17, 15) is 9.59 Å². The fraction of sp³-hybridized carbons (Fsp3) is 0.400. The van der Waals surface area contributed by atoms with Gasteiger partial charge in [0.15, 0.2) is 0 Å². The number of fused-ring (bicyclic) bond motifs is 4. The number of nitrogens with zero attached hydrogens (tertiary/aromatic N) is 2. The van der Waals surface area contributed by atoms with Gasteiger partial charge in [-0.2, -0.15) is 0 Å². The summed E-state index contributed by atoms with van der Waals surface area (Å²) in [6, 6.07) is 12.5. The van der Waals surface area contributed by atoms with E-state index in [0.29, 0.717) is 29.7 Å². The van der Waals surface area contributed by atoms with Crippen LogP contribution < -0.4 is 10.9 Å². The summed E-state index contributed by atoms with van der Waals surface area (Å²) in [6.45, 7) is 1.85. The van der Waals surface area contributed by atoms with Crippen LogP contribution in [0.15, 0.2) is 51.7 Å². The number of pyridine rings is 1.